The van der Waals surface area contributed by atoms with Crippen LogP contribution in [-0.2, 0) is 16.0 Å². The van der Waals surface area contributed by atoms with Crippen molar-refractivity contribution in [2.75, 3.05) is 30.8 Å². The molecule has 0 aromatic carbocycles. The Kier molecular flexibility index (Phi) is 5.19. The molecule has 1 heterocycles. The standard InChI is InChI=1S/C11H18N4O2/c1-4-8-14-9(12-5-2)6-10(15-8)13-7-11(16)17-3/h6H,4-5,7H2,1-3H3,(H2,12,13,14,15). The van der Waals surface area contributed by atoms with Gasteiger partial charge in [0.15, 0.2) is 0 Å². The monoisotopic (exact) mass is 238 g/mol. The molecule has 94 valence electrons. The molecule has 0 saturated carbocycles. The average molecular weight is 238 g/mol. The number of carbonyl (C=O) groups excluding carboxylic acids is 1. The van der Waals surface area contributed by atoms with Gasteiger partial charge >= 0.3 is 5.97 Å². The molecule has 0 spiro atoms. The summed E-state index contributed by atoms with van der Waals surface area (Å²) in [5.41, 5.74) is 0. The molecule has 1 rings (SSSR count). The third-order valence-electron chi connectivity index (χ3n) is 2.09. The smallest absolute Gasteiger partial charge is 0.325 e. The number of methoxy groups -OCH3 is 1. The van der Waals surface area contributed by atoms with Crippen molar-refractivity contribution in [1.29, 1.82) is 0 Å². The number of rotatable bonds is 6. The molecule has 1 aromatic rings. The number of anilines is 2. The Morgan fingerprint density at radius 2 is 1.94 bits per heavy atom. The summed E-state index contributed by atoms with van der Waals surface area (Å²) in [6, 6.07) is 1.77. The van der Waals surface area contributed by atoms with Crippen LogP contribution in [0, 0.1) is 0 Å². The molecule has 0 radical (unpaired) electrons. The third-order valence-corrected chi connectivity index (χ3v) is 2.09. The molecule has 6 heteroatoms. The van der Waals surface area contributed by atoms with Crippen molar-refractivity contribution in [3.05, 3.63) is 11.9 Å². The van der Waals surface area contributed by atoms with Crippen molar-refractivity contribution < 1.29 is 9.53 Å². The Labute approximate surface area is 101 Å². The molecule has 17 heavy (non-hydrogen) atoms. The predicted octanol–water partition coefficient (Wildman–Crippen LogP) is 1.06. The Hall–Kier alpha value is -1.85. The van der Waals surface area contributed by atoms with E-state index < -0.39 is 0 Å². The molecule has 6 nitrogen and oxygen atoms in total. The lowest BCUT2D eigenvalue weighted by molar-refractivity contribution is -0.138. The number of nitrogens with one attached hydrogen (secondary N) is 2. The molecule has 0 fully saturated rings. The second-order valence-corrected chi connectivity index (χ2v) is 3.37. The van der Waals surface area contributed by atoms with Crippen LogP contribution >= 0.6 is 0 Å². The maximum Gasteiger partial charge on any atom is 0.325 e. The first kappa shape index (κ1) is 13.2. The van der Waals surface area contributed by atoms with Gasteiger partial charge < -0.3 is 15.4 Å². The molecule has 1 aromatic heterocycles. The average Bonchev–Trinajstić information content (AvgIpc) is 2.36. The van der Waals surface area contributed by atoms with E-state index in [4.69, 9.17) is 0 Å². The van der Waals surface area contributed by atoms with E-state index in [1.807, 2.05) is 13.8 Å². The summed E-state index contributed by atoms with van der Waals surface area (Å²) >= 11 is 0. The van der Waals surface area contributed by atoms with E-state index in [0.717, 1.165) is 24.6 Å². The largest absolute Gasteiger partial charge is 0.468 e. The Bertz CT molecular complexity index is 382. The van der Waals surface area contributed by atoms with E-state index >= 15 is 0 Å². The Morgan fingerprint density at radius 1 is 1.29 bits per heavy atom. The van der Waals surface area contributed by atoms with Crippen LogP contribution in [0.25, 0.3) is 0 Å². The van der Waals surface area contributed by atoms with Gasteiger partial charge in [0, 0.05) is 19.0 Å². The highest BCUT2D eigenvalue weighted by Gasteiger charge is 2.05. The minimum atomic E-state index is -0.327. The highest BCUT2D eigenvalue weighted by Crippen LogP contribution is 2.11. The second-order valence-electron chi connectivity index (χ2n) is 3.37. The van der Waals surface area contributed by atoms with Crippen LogP contribution in [0.5, 0.6) is 0 Å². The van der Waals surface area contributed by atoms with Gasteiger partial charge in [-0.2, -0.15) is 0 Å². The van der Waals surface area contributed by atoms with Crippen LogP contribution in [0.4, 0.5) is 11.6 Å². The summed E-state index contributed by atoms with van der Waals surface area (Å²) < 4.78 is 4.55. The molecule has 0 unspecified atom stereocenters. The summed E-state index contributed by atoms with van der Waals surface area (Å²) in [5, 5.41) is 6.02. The molecule has 0 aliphatic heterocycles. The van der Waals surface area contributed by atoms with Crippen molar-refractivity contribution in [2.45, 2.75) is 20.3 Å². The van der Waals surface area contributed by atoms with Gasteiger partial charge in [0.05, 0.1) is 7.11 Å². The fraction of sp³-hybridized carbons (Fsp3) is 0.545. The normalized spacial score (nSPS) is 9.82. The topological polar surface area (TPSA) is 76.1 Å². The minimum Gasteiger partial charge on any atom is -0.468 e. The van der Waals surface area contributed by atoms with Gasteiger partial charge in [0.25, 0.3) is 0 Å². The van der Waals surface area contributed by atoms with Crippen molar-refractivity contribution in [2.24, 2.45) is 0 Å². The second kappa shape index (κ2) is 6.67. The number of esters is 1. The summed E-state index contributed by atoms with van der Waals surface area (Å²) in [6.07, 6.45) is 0.742. The van der Waals surface area contributed by atoms with Crippen molar-refractivity contribution in [1.82, 2.24) is 9.97 Å². The van der Waals surface area contributed by atoms with Gasteiger partial charge in [-0.05, 0) is 6.92 Å². The maximum absolute atomic E-state index is 11.0. The number of aryl methyl sites for hydroxylation is 1. The number of ether oxygens (including phenoxy) is 1. The zero-order valence-corrected chi connectivity index (χ0v) is 10.4. The molecule has 0 bridgehead atoms. The third kappa shape index (κ3) is 4.26. The molecule has 0 saturated heterocycles. The number of carbonyl (C=O) groups is 1. The van der Waals surface area contributed by atoms with Crippen LogP contribution in [-0.4, -0.2) is 36.1 Å². The van der Waals surface area contributed by atoms with Gasteiger partial charge in [-0.3, -0.25) is 4.79 Å². The van der Waals surface area contributed by atoms with Crippen molar-refractivity contribution >= 4 is 17.6 Å². The van der Waals surface area contributed by atoms with Crippen LogP contribution < -0.4 is 10.6 Å². The van der Waals surface area contributed by atoms with Crippen molar-refractivity contribution in [3.63, 3.8) is 0 Å². The molecule has 0 aliphatic rings. The van der Waals surface area contributed by atoms with Crippen LogP contribution in [0.2, 0.25) is 0 Å². The molecule has 0 atom stereocenters. The first-order valence-corrected chi connectivity index (χ1v) is 5.62. The summed E-state index contributed by atoms with van der Waals surface area (Å²) in [4.78, 5) is 19.6. The van der Waals surface area contributed by atoms with E-state index in [2.05, 4.69) is 25.3 Å². The number of hydrogen-bond donors (Lipinski definition) is 2. The van der Waals surface area contributed by atoms with E-state index in [1.165, 1.54) is 7.11 Å². The van der Waals surface area contributed by atoms with Gasteiger partial charge in [-0.1, -0.05) is 6.92 Å². The lowest BCUT2D eigenvalue weighted by atomic mass is 10.4. The van der Waals surface area contributed by atoms with Gasteiger partial charge in [0.2, 0.25) is 0 Å². The van der Waals surface area contributed by atoms with Crippen LogP contribution in [0.3, 0.4) is 0 Å². The fourth-order valence-corrected chi connectivity index (χ4v) is 1.25. The van der Waals surface area contributed by atoms with Crippen molar-refractivity contribution in [3.8, 4) is 0 Å². The van der Waals surface area contributed by atoms with E-state index in [0.29, 0.717) is 5.82 Å². The lowest BCUT2D eigenvalue weighted by Gasteiger charge is -2.09. The molecule has 0 amide bonds. The Balaban J connectivity index is 2.75. The quantitative estimate of drug-likeness (QED) is 0.722. The summed E-state index contributed by atoms with van der Waals surface area (Å²) in [5.74, 6) is 1.78. The SMILES string of the molecule is CCNc1cc(NCC(=O)OC)nc(CC)n1. The van der Waals surface area contributed by atoms with Crippen LogP contribution in [0.1, 0.15) is 19.7 Å². The summed E-state index contributed by atoms with van der Waals surface area (Å²) in [6.45, 7) is 4.86. The van der Waals surface area contributed by atoms with Gasteiger partial charge in [-0.15, -0.1) is 0 Å². The van der Waals surface area contributed by atoms with Gasteiger partial charge in [-0.25, -0.2) is 9.97 Å². The molecule has 0 aliphatic carbocycles. The molecule has 2 N–H and O–H groups in total. The number of aromatic nitrogens is 2. The maximum atomic E-state index is 11.0. The fourth-order valence-electron chi connectivity index (χ4n) is 1.25. The zero-order chi connectivity index (χ0) is 12.7. The van der Waals surface area contributed by atoms with Crippen LogP contribution in [0.15, 0.2) is 6.07 Å². The highest BCUT2D eigenvalue weighted by molar-refractivity contribution is 5.74. The van der Waals surface area contributed by atoms with E-state index in [-0.39, 0.29) is 12.5 Å². The predicted molar refractivity (Wildman–Crippen MR) is 66.1 cm³/mol. The van der Waals surface area contributed by atoms with Gasteiger partial charge in [0.1, 0.15) is 24.0 Å². The number of nitrogens with zero attached hydrogens (tertiary/aromatic N) is 2. The highest BCUT2D eigenvalue weighted by atomic mass is 16.5. The molecular weight excluding hydrogens is 220 g/mol. The first-order chi connectivity index (χ1) is 8.19. The minimum absolute atomic E-state index is 0.0994. The van der Waals surface area contributed by atoms with E-state index in [1.54, 1.807) is 6.07 Å². The molecular formula is C11H18N4O2. The zero-order valence-electron chi connectivity index (χ0n) is 10.4. The lowest BCUT2D eigenvalue weighted by Crippen LogP contribution is -2.16. The Morgan fingerprint density at radius 3 is 2.47 bits per heavy atom. The summed E-state index contributed by atoms with van der Waals surface area (Å²) in [7, 11) is 1.35. The number of hydrogen-bond acceptors (Lipinski definition) is 6. The van der Waals surface area contributed by atoms with E-state index in [9.17, 15) is 4.79 Å². The first-order valence-electron chi connectivity index (χ1n) is 5.62.